The van der Waals surface area contributed by atoms with E-state index in [-0.39, 0.29) is 25.9 Å². The molecule has 2 heterocycles. The van der Waals surface area contributed by atoms with Crippen LogP contribution in [0.1, 0.15) is 36.2 Å². The normalized spacial score (nSPS) is 15.3. The van der Waals surface area contributed by atoms with Gasteiger partial charge in [-0.15, -0.1) is 0 Å². The van der Waals surface area contributed by atoms with Gasteiger partial charge in [-0.1, -0.05) is 48.3 Å². The molecule has 0 radical (unpaired) electrons. The number of aromatic nitrogens is 1. The predicted molar refractivity (Wildman–Crippen MR) is 155 cm³/mol. The first-order valence-electron chi connectivity index (χ1n) is 13.2. The second-order valence-electron chi connectivity index (χ2n) is 10.3. The van der Waals surface area contributed by atoms with E-state index in [9.17, 15) is 15.0 Å². The average Bonchev–Trinajstić information content (AvgIpc) is 3.33. The monoisotopic (exact) mass is 546 g/mol. The van der Waals surface area contributed by atoms with Crippen molar-refractivity contribution in [1.82, 2.24) is 9.88 Å². The first-order chi connectivity index (χ1) is 18.9. The molecule has 1 aliphatic heterocycles. The fourth-order valence-electron chi connectivity index (χ4n) is 5.06. The number of H-pyrrole nitrogens is 1. The maximum atomic E-state index is 13.5. The molecule has 0 bridgehead atoms. The van der Waals surface area contributed by atoms with Gasteiger partial charge in [0.2, 0.25) is 0 Å². The van der Waals surface area contributed by atoms with Gasteiger partial charge in [-0.3, -0.25) is 4.90 Å². The zero-order chi connectivity index (χ0) is 27.6. The number of ether oxygens (including phenoxy) is 2. The van der Waals surface area contributed by atoms with Gasteiger partial charge in [0.15, 0.2) is 0 Å². The van der Waals surface area contributed by atoms with Crippen LogP contribution in [0.15, 0.2) is 66.7 Å². The lowest BCUT2D eigenvalue weighted by molar-refractivity contribution is 0.0114. The van der Waals surface area contributed by atoms with Crippen LogP contribution in [0, 0.1) is 5.41 Å². The number of hydrogen-bond acceptors (Lipinski definition) is 5. The lowest BCUT2D eigenvalue weighted by Crippen LogP contribution is -2.42. The van der Waals surface area contributed by atoms with E-state index in [0.717, 1.165) is 16.8 Å². The third-order valence-corrected chi connectivity index (χ3v) is 7.95. The summed E-state index contributed by atoms with van der Waals surface area (Å²) in [5, 5.41) is 21.2. The van der Waals surface area contributed by atoms with Crippen LogP contribution in [0.3, 0.4) is 0 Å². The van der Waals surface area contributed by atoms with Crippen molar-refractivity contribution in [3.05, 3.63) is 88.6 Å². The smallest absolute Gasteiger partial charge is 0.416 e. The second-order valence-corrected chi connectivity index (χ2v) is 10.7. The molecule has 39 heavy (non-hydrogen) atoms. The molecule has 5 rings (SSSR count). The number of fused-ring (bicyclic) bond motifs is 3. The Morgan fingerprint density at radius 3 is 2.44 bits per heavy atom. The van der Waals surface area contributed by atoms with E-state index >= 15 is 0 Å². The Morgan fingerprint density at radius 1 is 1.08 bits per heavy atom. The summed E-state index contributed by atoms with van der Waals surface area (Å²) in [4.78, 5) is 18.8. The highest BCUT2D eigenvalue weighted by Crippen LogP contribution is 2.39. The fraction of sp³-hybridized carbons (Fsp3) is 0.300. The van der Waals surface area contributed by atoms with E-state index < -0.39 is 11.5 Å². The molecule has 202 valence electrons. The summed E-state index contributed by atoms with van der Waals surface area (Å²) < 4.78 is 11.7. The first kappa shape index (κ1) is 27.1. The van der Waals surface area contributed by atoms with E-state index in [1.165, 1.54) is 16.4 Å². The zero-order valence-electron chi connectivity index (χ0n) is 22.1. The van der Waals surface area contributed by atoms with Gasteiger partial charge in [-0.25, -0.2) is 4.79 Å². The summed E-state index contributed by atoms with van der Waals surface area (Å²) in [5.41, 5.74) is 4.60. The molecule has 1 amide bonds. The molecular formula is C30H32BClN2O5. The van der Waals surface area contributed by atoms with E-state index in [2.05, 4.69) is 31.0 Å². The quantitative estimate of drug-likeness (QED) is 0.291. The Balaban J connectivity index is 1.47. The molecule has 0 aliphatic carbocycles. The number of carbonyl (C=O) groups is 1. The summed E-state index contributed by atoms with van der Waals surface area (Å²) in [6.45, 7) is 2.29. The number of nitrogens with zero attached hydrogens (tertiary/aromatic N) is 1. The second kappa shape index (κ2) is 11.3. The largest absolute Gasteiger partial charge is 0.493 e. The number of rotatable bonds is 8. The number of amides is 1. The van der Waals surface area contributed by atoms with Crippen molar-refractivity contribution in [2.24, 2.45) is 5.41 Å². The zero-order valence-corrected chi connectivity index (χ0v) is 22.9. The molecular weight excluding hydrogens is 515 g/mol. The highest BCUT2D eigenvalue weighted by Gasteiger charge is 2.36. The van der Waals surface area contributed by atoms with Gasteiger partial charge in [-0.2, -0.15) is 0 Å². The van der Waals surface area contributed by atoms with Crippen LogP contribution in [0.5, 0.6) is 11.5 Å². The van der Waals surface area contributed by atoms with Crippen molar-refractivity contribution < 1.29 is 24.5 Å². The van der Waals surface area contributed by atoms with E-state index in [1.807, 2.05) is 31.2 Å². The van der Waals surface area contributed by atoms with Crippen molar-refractivity contribution in [1.29, 1.82) is 0 Å². The Bertz CT molecular complexity index is 1440. The molecule has 0 saturated heterocycles. The predicted octanol–water partition coefficient (Wildman–Crippen LogP) is 3.99. The van der Waals surface area contributed by atoms with Gasteiger partial charge < -0.3 is 24.7 Å². The highest BCUT2D eigenvalue weighted by molar-refractivity contribution is 6.33. The minimum atomic E-state index is -0.693. The average molecular weight is 547 g/mol. The molecule has 3 N–H and O–H groups in total. The van der Waals surface area contributed by atoms with Crippen LogP contribution in [-0.2, 0) is 6.42 Å². The molecule has 0 spiro atoms. The van der Waals surface area contributed by atoms with Crippen LogP contribution < -0.4 is 14.9 Å². The van der Waals surface area contributed by atoms with Crippen LogP contribution in [0.25, 0.3) is 10.9 Å². The molecule has 3 aromatic carbocycles. The summed E-state index contributed by atoms with van der Waals surface area (Å²) >= 11 is 6.00. The Hall–Kier alpha value is -3.46. The van der Waals surface area contributed by atoms with Crippen molar-refractivity contribution >= 4 is 41.9 Å². The molecule has 1 atom stereocenters. The van der Waals surface area contributed by atoms with Gasteiger partial charge in [-0.05, 0) is 66.4 Å². The fourth-order valence-corrected chi connectivity index (χ4v) is 5.18. The minimum Gasteiger partial charge on any atom is -0.493 e. The third kappa shape index (κ3) is 5.50. The summed E-state index contributed by atoms with van der Waals surface area (Å²) in [6.07, 6.45) is 0.850. The summed E-state index contributed by atoms with van der Waals surface area (Å²) in [7, 11) is 2.08. The topological polar surface area (TPSA) is 95.0 Å². The Morgan fingerprint density at radius 2 is 1.77 bits per heavy atom. The molecule has 9 heteroatoms. The number of aliphatic hydroxyl groups is 2. The molecule has 0 saturated carbocycles. The van der Waals surface area contributed by atoms with Gasteiger partial charge in [0, 0.05) is 28.2 Å². The number of halogens is 1. The molecule has 1 unspecified atom stereocenters. The van der Waals surface area contributed by atoms with Crippen LogP contribution in [0.2, 0.25) is 5.02 Å². The number of carbonyl (C=O) groups excluding carboxylic acids is 1. The minimum absolute atomic E-state index is 0.159. The Kier molecular flexibility index (Phi) is 7.89. The lowest BCUT2D eigenvalue weighted by Gasteiger charge is -2.35. The number of hydrogen-bond donors (Lipinski definition) is 3. The number of nitrogens with one attached hydrogen (secondary N) is 1. The van der Waals surface area contributed by atoms with Crippen molar-refractivity contribution in [2.45, 2.75) is 25.8 Å². The highest BCUT2D eigenvalue weighted by atomic mass is 35.5. The standard InChI is InChI=1S/C30H32BClN2O5/c1-2-30(16-35,17-36)18-38-22-8-3-19(4-9-22)28-27-24(25-15-20(31)5-12-26(25)33-27)13-14-34(28)29(37)39-23-10-6-21(32)7-11-23/h3-12,15,28,33,35-36H,2,13-14,16-18,31H2,1H3. The Labute approximate surface area is 233 Å². The molecule has 0 fully saturated rings. The van der Waals surface area contributed by atoms with Crippen molar-refractivity contribution in [3.63, 3.8) is 0 Å². The number of aromatic amines is 1. The lowest BCUT2D eigenvalue weighted by atomic mass is 9.88. The maximum absolute atomic E-state index is 13.5. The first-order valence-corrected chi connectivity index (χ1v) is 13.5. The molecule has 7 nitrogen and oxygen atoms in total. The van der Waals surface area contributed by atoms with Gasteiger partial charge in [0.05, 0.1) is 25.2 Å². The van der Waals surface area contributed by atoms with Crippen molar-refractivity contribution in [3.8, 4) is 11.5 Å². The van der Waals surface area contributed by atoms with Gasteiger partial charge in [0.1, 0.15) is 25.4 Å². The van der Waals surface area contributed by atoms with Gasteiger partial charge >= 0.3 is 6.09 Å². The third-order valence-electron chi connectivity index (χ3n) is 7.70. The van der Waals surface area contributed by atoms with Crippen LogP contribution in [-0.4, -0.2) is 60.4 Å². The van der Waals surface area contributed by atoms with Crippen LogP contribution in [0.4, 0.5) is 4.79 Å². The van der Waals surface area contributed by atoms with E-state index in [4.69, 9.17) is 21.1 Å². The van der Waals surface area contributed by atoms with Crippen molar-refractivity contribution in [2.75, 3.05) is 26.4 Å². The molecule has 4 aromatic rings. The van der Waals surface area contributed by atoms with Gasteiger partial charge in [0.25, 0.3) is 0 Å². The summed E-state index contributed by atoms with van der Waals surface area (Å²) in [5.74, 6) is 1.05. The van der Waals surface area contributed by atoms with E-state index in [1.54, 1.807) is 29.2 Å². The number of benzene rings is 3. The maximum Gasteiger partial charge on any atom is 0.416 e. The summed E-state index contributed by atoms with van der Waals surface area (Å²) in [6, 6.07) is 20.3. The molecule has 1 aliphatic rings. The van der Waals surface area contributed by atoms with E-state index in [0.29, 0.717) is 35.9 Å². The van der Waals surface area contributed by atoms with Crippen LogP contribution >= 0.6 is 11.6 Å². The SMILES string of the molecule is Bc1ccc2[nH]c3c(c2c1)CCN(C(=O)Oc1ccc(Cl)cc1)C3c1ccc(OCC(CC)(CO)CO)cc1. The molecule has 1 aromatic heterocycles. The number of aliphatic hydroxyl groups excluding tert-OH is 2.